The van der Waals surface area contributed by atoms with E-state index in [0.29, 0.717) is 35.3 Å². The fourth-order valence-corrected chi connectivity index (χ4v) is 3.13. The van der Waals surface area contributed by atoms with Crippen LogP contribution in [0.4, 0.5) is 0 Å². The Kier molecular flexibility index (Phi) is 5.93. The summed E-state index contributed by atoms with van der Waals surface area (Å²) in [6.45, 7) is 0.431. The fourth-order valence-electron chi connectivity index (χ4n) is 2.45. The van der Waals surface area contributed by atoms with Crippen molar-refractivity contribution in [2.24, 2.45) is 0 Å². The lowest BCUT2D eigenvalue weighted by Gasteiger charge is -2.09. The number of benzene rings is 1. The third-order valence-electron chi connectivity index (χ3n) is 3.67. The van der Waals surface area contributed by atoms with E-state index in [0.717, 1.165) is 4.88 Å². The van der Waals surface area contributed by atoms with Gasteiger partial charge in [0.15, 0.2) is 6.61 Å². The lowest BCUT2D eigenvalue weighted by atomic mass is 10.1. The molecule has 0 saturated heterocycles. The normalized spacial score (nSPS) is 10.7. The number of pyridine rings is 1. The van der Waals surface area contributed by atoms with E-state index in [1.54, 1.807) is 24.5 Å². The molecule has 0 aliphatic rings. The molecule has 0 radical (unpaired) electrons. The Balaban J connectivity index is 1.81. The molecule has 3 rings (SSSR count). The quantitative estimate of drug-likeness (QED) is 0.511. The van der Waals surface area contributed by atoms with Gasteiger partial charge in [-0.15, -0.1) is 11.3 Å². The molecule has 26 heavy (non-hydrogen) atoms. The van der Waals surface area contributed by atoms with Crippen LogP contribution in [-0.2, 0) is 14.3 Å². The molecular formula is C19H18N2O4S. The summed E-state index contributed by atoms with van der Waals surface area (Å²) < 4.78 is 10.0. The lowest BCUT2D eigenvalue weighted by Crippen LogP contribution is -2.31. The number of nitrogens with one attached hydrogen (secondary N) is 1. The number of nitrogens with zero attached hydrogens (tertiary/aromatic N) is 1. The molecule has 2 heterocycles. The zero-order valence-corrected chi connectivity index (χ0v) is 15.0. The third-order valence-corrected chi connectivity index (χ3v) is 4.56. The number of hydrogen-bond donors (Lipinski definition) is 1. The summed E-state index contributed by atoms with van der Waals surface area (Å²) in [5.41, 5.74) is 1.80. The Morgan fingerprint density at radius 2 is 2.04 bits per heavy atom. The van der Waals surface area contributed by atoms with Crippen molar-refractivity contribution in [2.45, 2.75) is 0 Å². The summed E-state index contributed by atoms with van der Waals surface area (Å²) in [6, 6.07) is 12.9. The number of carbonyl (C=O) groups excluding carboxylic acids is 2. The van der Waals surface area contributed by atoms with Crippen LogP contribution in [0.25, 0.3) is 21.5 Å². The smallest absolute Gasteiger partial charge is 0.339 e. The molecule has 3 aromatic rings. The largest absolute Gasteiger partial charge is 0.452 e. The number of methoxy groups -OCH3 is 1. The highest BCUT2D eigenvalue weighted by Crippen LogP contribution is 2.28. The average Bonchev–Trinajstić information content (AvgIpc) is 3.20. The van der Waals surface area contributed by atoms with Gasteiger partial charge in [-0.1, -0.05) is 24.3 Å². The van der Waals surface area contributed by atoms with Gasteiger partial charge in [-0.05, 0) is 23.6 Å². The number of para-hydroxylation sites is 1. The van der Waals surface area contributed by atoms with E-state index in [2.05, 4.69) is 10.3 Å². The first-order chi connectivity index (χ1) is 12.7. The van der Waals surface area contributed by atoms with Gasteiger partial charge in [0.1, 0.15) is 0 Å². The van der Waals surface area contributed by atoms with E-state index < -0.39 is 5.97 Å². The summed E-state index contributed by atoms with van der Waals surface area (Å²) in [5, 5.41) is 5.25. The maximum Gasteiger partial charge on any atom is 0.339 e. The van der Waals surface area contributed by atoms with Crippen molar-refractivity contribution in [3.05, 3.63) is 53.4 Å². The van der Waals surface area contributed by atoms with Crippen LogP contribution in [0.5, 0.6) is 0 Å². The van der Waals surface area contributed by atoms with Gasteiger partial charge in [0.25, 0.3) is 5.91 Å². The maximum absolute atomic E-state index is 12.6. The van der Waals surface area contributed by atoms with Crippen molar-refractivity contribution in [2.75, 3.05) is 26.9 Å². The SMILES string of the molecule is COCCNC(=O)COC(=O)c1cc(-c2cccs2)nc2ccccc12. The minimum atomic E-state index is -0.553. The van der Waals surface area contributed by atoms with E-state index in [-0.39, 0.29) is 12.5 Å². The second kappa shape index (κ2) is 8.55. The second-order valence-electron chi connectivity index (χ2n) is 5.47. The first kappa shape index (κ1) is 18.0. The van der Waals surface area contributed by atoms with E-state index in [4.69, 9.17) is 9.47 Å². The Hall–Kier alpha value is -2.77. The molecule has 134 valence electrons. The van der Waals surface area contributed by atoms with Gasteiger partial charge in [0, 0.05) is 19.0 Å². The molecule has 0 spiro atoms. The monoisotopic (exact) mass is 370 g/mol. The number of hydrogen-bond acceptors (Lipinski definition) is 6. The van der Waals surface area contributed by atoms with Crippen molar-refractivity contribution in [3.8, 4) is 10.6 Å². The van der Waals surface area contributed by atoms with Crippen LogP contribution >= 0.6 is 11.3 Å². The molecule has 1 aromatic carbocycles. The fraction of sp³-hybridized carbons (Fsp3) is 0.211. The van der Waals surface area contributed by atoms with Crippen molar-refractivity contribution in [3.63, 3.8) is 0 Å². The van der Waals surface area contributed by atoms with Crippen LogP contribution in [0.3, 0.4) is 0 Å². The van der Waals surface area contributed by atoms with Gasteiger partial charge in [-0.25, -0.2) is 9.78 Å². The molecular weight excluding hydrogens is 352 g/mol. The molecule has 0 unspecified atom stereocenters. The van der Waals surface area contributed by atoms with Gasteiger partial charge in [0.2, 0.25) is 0 Å². The van der Waals surface area contributed by atoms with Crippen molar-refractivity contribution in [1.29, 1.82) is 0 Å². The highest BCUT2D eigenvalue weighted by atomic mass is 32.1. The van der Waals surface area contributed by atoms with E-state index in [1.807, 2.05) is 41.8 Å². The number of fused-ring (bicyclic) bond motifs is 1. The first-order valence-corrected chi connectivity index (χ1v) is 8.93. The summed E-state index contributed by atoms with van der Waals surface area (Å²) in [7, 11) is 1.55. The standard InChI is InChI=1S/C19H18N2O4S/c1-24-9-8-20-18(22)12-25-19(23)14-11-16(17-7-4-10-26-17)21-15-6-3-2-5-13(14)15/h2-7,10-11H,8-9,12H2,1H3,(H,20,22). The van der Waals surface area contributed by atoms with Crippen LogP contribution in [0, 0.1) is 0 Å². The Bertz CT molecular complexity index is 909. The lowest BCUT2D eigenvalue weighted by molar-refractivity contribution is -0.124. The molecule has 0 bridgehead atoms. The number of carbonyl (C=O) groups is 2. The summed E-state index contributed by atoms with van der Waals surface area (Å²) in [5.74, 6) is -0.921. The average molecular weight is 370 g/mol. The predicted molar refractivity (Wildman–Crippen MR) is 100 cm³/mol. The molecule has 0 aliphatic heterocycles. The highest BCUT2D eigenvalue weighted by molar-refractivity contribution is 7.13. The van der Waals surface area contributed by atoms with Crippen molar-refractivity contribution in [1.82, 2.24) is 10.3 Å². The van der Waals surface area contributed by atoms with Gasteiger partial charge in [-0.3, -0.25) is 4.79 Å². The van der Waals surface area contributed by atoms with Crippen molar-refractivity contribution < 1.29 is 19.1 Å². The summed E-state index contributed by atoms with van der Waals surface area (Å²) >= 11 is 1.54. The highest BCUT2D eigenvalue weighted by Gasteiger charge is 2.16. The van der Waals surface area contributed by atoms with Crippen LogP contribution in [0.1, 0.15) is 10.4 Å². The maximum atomic E-state index is 12.6. The van der Waals surface area contributed by atoms with Crippen LogP contribution in [0.15, 0.2) is 47.8 Å². The minimum absolute atomic E-state index is 0.340. The van der Waals surface area contributed by atoms with Crippen LogP contribution in [0.2, 0.25) is 0 Å². The van der Waals surface area contributed by atoms with Crippen molar-refractivity contribution >= 4 is 34.1 Å². The molecule has 6 nitrogen and oxygen atoms in total. The zero-order valence-electron chi connectivity index (χ0n) is 14.2. The number of esters is 1. The number of aromatic nitrogens is 1. The molecule has 0 atom stereocenters. The molecule has 2 aromatic heterocycles. The Morgan fingerprint density at radius 3 is 2.81 bits per heavy atom. The minimum Gasteiger partial charge on any atom is -0.452 e. The first-order valence-electron chi connectivity index (χ1n) is 8.05. The molecule has 1 N–H and O–H groups in total. The summed E-state index contributed by atoms with van der Waals surface area (Å²) in [6.07, 6.45) is 0. The van der Waals surface area contributed by atoms with Crippen LogP contribution < -0.4 is 5.32 Å². The molecule has 7 heteroatoms. The third kappa shape index (κ3) is 4.25. The van der Waals surface area contributed by atoms with E-state index >= 15 is 0 Å². The molecule has 1 amide bonds. The topological polar surface area (TPSA) is 77.5 Å². The predicted octanol–water partition coefficient (Wildman–Crippen LogP) is 2.88. The van der Waals surface area contributed by atoms with Crippen LogP contribution in [-0.4, -0.2) is 43.7 Å². The van der Waals surface area contributed by atoms with Gasteiger partial charge in [0.05, 0.1) is 28.3 Å². The molecule has 0 saturated carbocycles. The van der Waals surface area contributed by atoms with E-state index in [1.165, 1.54) is 0 Å². The van der Waals surface area contributed by atoms with Gasteiger partial charge in [-0.2, -0.15) is 0 Å². The number of thiophene rings is 1. The second-order valence-corrected chi connectivity index (χ2v) is 6.42. The zero-order chi connectivity index (χ0) is 18.4. The number of amides is 1. The summed E-state index contributed by atoms with van der Waals surface area (Å²) in [4.78, 5) is 29.9. The Labute approximate surface area is 154 Å². The Morgan fingerprint density at radius 1 is 1.19 bits per heavy atom. The number of rotatable bonds is 7. The van der Waals surface area contributed by atoms with Gasteiger partial charge < -0.3 is 14.8 Å². The van der Waals surface area contributed by atoms with Gasteiger partial charge >= 0.3 is 5.97 Å². The molecule has 0 fully saturated rings. The van der Waals surface area contributed by atoms with E-state index in [9.17, 15) is 9.59 Å². The number of ether oxygens (including phenoxy) is 2. The molecule has 0 aliphatic carbocycles.